The van der Waals surface area contributed by atoms with Crippen LogP contribution >= 0.6 is 0 Å². The van der Waals surface area contributed by atoms with Gasteiger partial charge in [0, 0.05) is 30.1 Å². The van der Waals surface area contributed by atoms with Crippen LogP contribution in [-0.4, -0.2) is 46.8 Å². The van der Waals surface area contributed by atoms with Crippen LogP contribution in [-0.2, 0) is 25.5 Å². The van der Waals surface area contributed by atoms with Crippen molar-refractivity contribution >= 4 is 34.5 Å². The van der Waals surface area contributed by atoms with Crippen molar-refractivity contribution in [2.45, 2.75) is 39.0 Å². The fourth-order valence-corrected chi connectivity index (χ4v) is 5.38. The molecular weight excluding hydrogens is 556 g/mol. The Bertz CT molecular complexity index is 1670. The molecule has 0 aliphatic carbocycles. The highest BCUT2D eigenvalue weighted by Gasteiger charge is 2.28. The van der Waals surface area contributed by atoms with Crippen molar-refractivity contribution in [3.63, 3.8) is 0 Å². The largest absolute Gasteiger partial charge is 0.461 e. The average molecular weight is 593 g/mol. The molecule has 0 saturated carbocycles. The number of fused-ring (bicyclic) bond motifs is 1. The summed E-state index contributed by atoms with van der Waals surface area (Å²) in [6.07, 6.45) is 3.58. The summed E-state index contributed by atoms with van der Waals surface area (Å²) >= 11 is 0. The van der Waals surface area contributed by atoms with Crippen molar-refractivity contribution in [2.75, 3.05) is 13.2 Å². The molecule has 3 N–H and O–H groups in total. The lowest BCUT2D eigenvalue weighted by atomic mass is 10.0. The zero-order chi connectivity index (χ0) is 30.9. The molecule has 1 atom stereocenters. The van der Waals surface area contributed by atoms with E-state index in [1.807, 2.05) is 78.9 Å². The van der Waals surface area contributed by atoms with E-state index in [0.717, 1.165) is 32.6 Å². The van der Waals surface area contributed by atoms with Gasteiger partial charge >= 0.3 is 5.97 Å². The van der Waals surface area contributed by atoms with Gasteiger partial charge in [-0.1, -0.05) is 78.9 Å². The summed E-state index contributed by atoms with van der Waals surface area (Å²) in [6.45, 7) is 2.38. The van der Waals surface area contributed by atoms with Gasteiger partial charge in [0.05, 0.1) is 6.61 Å². The second-order valence-electron chi connectivity index (χ2n) is 10.6. The van der Waals surface area contributed by atoms with Crippen LogP contribution in [0.3, 0.4) is 0 Å². The number of hydrogen-bond acceptors (Lipinski definition) is 5. The van der Waals surface area contributed by atoms with Gasteiger partial charge in [-0.15, -0.1) is 0 Å². The first-order valence-electron chi connectivity index (χ1n) is 14.9. The summed E-state index contributed by atoms with van der Waals surface area (Å²) in [5.41, 5.74) is 5.42. The van der Waals surface area contributed by atoms with Gasteiger partial charge in [0.2, 0.25) is 11.8 Å². The molecule has 0 bridgehead atoms. The van der Waals surface area contributed by atoms with E-state index in [2.05, 4.69) is 15.7 Å². The number of allylic oxidation sites excluding steroid dienone is 1. The zero-order valence-corrected chi connectivity index (χ0v) is 24.7. The number of carbonyl (C=O) groups is 4. The van der Waals surface area contributed by atoms with Gasteiger partial charge in [0.25, 0.3) is 5.91 Å². The Morgan fingerprint density at radius 1 is 0.977 bits per heavy atom. The number of aryl methyl sites for hydroxylation is 1. The number of H-pyrrole nitrogens is 1. The summed E-state index contributed by atoms with van der Waals surface area (Å²) in [6, 6.07) is 26.9. The van der Waals surface area contributed by atoms with Gasteiger partial charge in [-0.3, -0.25) is 19.8 Å². The molecule has 9 nitrogen and oxygen atoms in total. The minimum absolute atomic E-state index is 0.0195. The van der Waals surface area contributed by atoms with E-state index in [0.29, 0.717) is 32.2 Å². The van der Waals surface area contributed by atoms with E-state index in [4.69, 9.17) is 4.74 Å². The maximum Gasteiger partial charge on any atom is 0.356 e. The Hall–Kier alpha value is -5.18. The number of hydrogen-bond donors (Lipinski definition) is 3. The Morgan fingerprint density at radius 2 is 1.75 bits per heavy atom. The van der Waals surface area contributed by atoms with Crippen molar-refractivity contribution in [3.05, 3.63) is 108 Å². The van der Waals surface area contributed by atoms with Crippen molar-refractivity contribution in [3.8, 4) is 11.3 Å². The fourth-order valence-electron chi connectivity index (χ4n) is 5.38. The van der Waals surface area contributed by atoms with Crippen molar-refractivity contribution < 1.29 is 23.9 Å². The first-order valence-corrected chi connectivity index (χ1v) is 14.9. The standard InChI is InChI=1S/C35H36N4O5/c1-2-44-35(43)31(17-9-14-26-22-23-36-33(26)41)39(32(40)21-18-24-10-4-3-5-11-24)38-34(42)30-20-19-29(37-30)28-16-8-13-25-12-6-7-15-27(25)28/h3-8,10-13,15-17,19-20,26,37H,2,9,14,18,21-23H2,1H3,(H,36,41)(H,38,42)/t26-/m0/s1. The summed E-state index contributed by atoms with van der Waals surface area (Å²) < 4.78 is 5.29. The van der Waals surface area contributed by atoms with Gasteiger partial charge in [0.1, 0.15) is 11.4 Å². The molecule has 3 amide bonds. The average Bonchev–Trinajstić information content (AvgIpc) is 3.70. The Balaban J connectivity index is 1.41. The number of aromatic amines is 1. The Morgan fingerprint density at radius 3 is 2.52 bits per heavy atom. The number of ether oxygens (including phenoxy) is 1. The first-order chi connectivity index (χ1) is 21.4. The molecular formula is C35H36N4O5. The number of aromatic nitrogens is 1. The molecule has 1 aromatic heterocycles. The molecule has 9 heteroatoms. The third-order valence-corrected chi connectivity index (χ3v) is 7.68. The van der Waals surface area contributed by atoms with Gasteiger partial charge in [0.15, 0.2) is 0 Å². The van der Waals surface area contributed by atoms with Crippen molar-refractivity contribution in [1.82, 2.24) is 20.7 Å². The smallest absolute Gasteiger partial charge is 0.356 e. The minimum atomic E-state index is -0.736. The number of amides is 3. The number of esters is 1. The molecule has 1 saturated heterocycles. The van der Waals surface area contributed by atoms with Gasteiger partial charge in [-0.25, -0.2) is 9.80 Å². The Labute approximate surface area is 256 Å². The molecule has 0 unspecified atom stereocenters. The van der Waals surface area contributed by atoms with Crippen LogP contribution in [0, 0.1) is 5.92 Å². The van der Waals surface area contributed by atoms with Gasteiger partial charge in [-0.2, -0.15) is 0 Å². The summed E-state index contributed by atoms with van der Waals surface area (Å²) in [4.78, 5) is 55.7. The third-order valence-electron chi connectivity index (χ3n) is 7.68. The van der Waals surface area contributed by atoms with Crippen LogP contribution in [0.2, 0.25) is 0 Å². The lowest BCUT2D eigenvalue weighted by Gasteiger charge is -2.25. The molecule has 1 aliphatic rings. The number of benzene rings is 3. The lowest BCUT2D eigenvalue weighted by molar-refractivity contribution is -0.145. The molecule has 3 aromatic carbocycles. The minimum Gasteiger partial charge on any atom is -0.461 e. The van der Waals surface area contributed by atoms with Crippen LogP contribution in [0.1, 0.15) is 48.7 Å². The SMILES string of the molecule is CCOC(=O)C(=CCC[C@H]1CCNC1=O)N(NC(=O)c1ccc(-c2cccc3ccccc23)[nH]1)C(=O)CCc1ccccc1. The van der Waals surface area contributed by atoms with Crippen LogP contribution in [0.15, 0.2) is 96.7 Å². The van der Waals surface area contributed by atoms with Crippen LogP contribution < -0.4 is 10.7 Å². The fraction of sp³-hybridized carbons (Fsp3) is 0.257. The Kier molecular flexibility index (Phi) is 9.86. The molecule has 4 aromatic rings. The number of rotatable bonds is 11. The summed E-state index contributed by atoms with van der Waals surface area (Å²) in [7, 11) is 0. The molecule has 1 aliphatic heterocycles. The predicted octanol–water partition coefficient (Wildman–Crippen LogP) is 5.30. The maximum absolute atomic E-state index is 13.7. The second-order valence-corrected chi connectivity index (χ2v) is 10.6. The van der Waals surface area contributed by atoms with Crippen LogP contribution in [0.5, 0.6) is 0 Å². The summed E-state index contributed by atoms with van der Waals surface area (Å²) in [5, 5.41) is 5.91. The quantitative estimate of drug-likeness (QED) is 0.124. The molecule has 0 spiro atoms. The van der Waals surface area contributed by atoms with E-state index in [1.54, 1.807) is 19.1 Å². The molecule has 2 heterocycles. The predicted molar refractivity (Wildman–Crippen MR) is 168 cm³/mol. The van der Waals surface area contributed by atoms with Crippen molar-refractivity contribution in [2.24, 2.45) is 5.92 Å². The maximum atomic E-state index is 13.7. The van der Waals surface area contributed by atoms with E-state index in [1.165, 1.54) is 0 Å². The number of nitrogens with zero attached hydrogens (tertiary/aromatic N) is 1. The van der Waals surface area contributed by atoms with E-state index in [9.17, 15) is 19.2 Å². The molecule has 1 fully saturated rings. The summed E-state index contributed by atoms with van der Waals surface area (Å²) in [5.74, 6) is -1.98. The first kappa shape index (κ1) is 30.3. The number of nitrogens with one attached hydrogen (secondary N) is 3. The third kappa shape index (κ3) is 7.23. The molecule has 5 rings (SSSR count). The van der Waals surface area contributed by atoms with E-state index in [-0.39, 0.29) is 36.2 Å². The van der Waals surface area contributed by atoms with E-state index >= 15 is 0 Å². The zero-order valence-electron chi connectivity index (χ0n) is 24.7. The number of hydrazine groups is 1. The van der Waals surface area contributed by atoms with Crippen molar-refractivity contribution in [1.29, 1.82) is 0 Å². The molecule has 0 radical (unpaired) electrons. The highest BCUT2D eigenvalue weighted by molar-refractivity contribution is 6.00. The normalized spacial score (nSPS) is 14.7. The molecule has 44 heavy (non-hydrogen) atoms. The monoisotopic (exact) mass is 592 g/mol. The second kappa shape index (κ2) is 14.3. The van der Waals surface area contributed by atoms with E-state index < -0.39 is 17.8 Å². The topological polar surface area (TPSA) is 121 Å². The van der Waals surface area contributed by atoms with Crippen LogP contribution in [0.4, 0.5) is 0 Å². The highest BCUT2D eigenvalue weighted by Crippen LogP contribution is 2.28. The highest BCUT2D eigenvalue weighted by atomic mass is 16.5. The lowest BCUT2D eigenvalue weighted by Crippen LogP contribution is -2.47. The molecule has 226 valence electrons. The number of carbonyl (C=O) groups excluding carboxylic acids is 4. The van der Waals surface area contributed by atoms with Gasteiger partial charge < -0.3 is 15.0 Å². The van der Waals surface area contributed by atoms with Crippen LogP contribution in [0.25, 0.3) is 22.0 Å². The van der Waals surface area contributed by atoms with Gasteiger partial charge in [-0.05, 0) is 61.1 Å².